The number of nitrogens with zero attached hydrogens (tertiary/aromatic N) is 6. The molecule has 7 rings (SSSR count). The van der Waals surface area contributed by atoms with E-state index in [1.165, 1.54) is 0 Å². The minimum atomic E-state index is -0.596. The molecule has 4 atom stereocenters. The number of halogens is 2. The van der Waals surface area contributed by atoms with Gasteiger partial charge in [0.25, 0.3) is 0 Å². The van der Waals surface area contributed by atoms with Crippen molar-refractivity contribution in [3.63, 3.8) is 0 Å². The van der Waals surface area contributed by atoms with Gasteiger partial charge in [-0.05, 0) is 58.5 Å². The number of hydrogen-bond donors (Lipinski definition) is 1. The second-order valence-electron chi connectivity index (χ2n) is 13.6. The maximum atomic E-state index is 16.7. The van der Waals surface area contributed by atoms with E-state index < -0.39 is 17.5 Å². The van der Waals surface area contributed by atoms with Crippen LogP contribution in [0.2, 0.25) is 5.02 Å². The summed E-state index contributed by atoms with van der Waals surface area (Å²) in [6, 6.07) is 11.0. The second-order valence-corrected chi connectivity index (χ2v) is 14.0. The first kappa shape index (κ1) is 30.8. The van der Waals surface area contributed by atoms with Gasteiger partial charge in [-0.1, -0.05) is 41.9 Å². The van der Waals surface area contributed by atoms with Crippen molar-refractivity contribution in [3.8, 4) is 17.3 Å². The molecule has 242 valence electrons. The summed E-state index contributed by atoms with van der Waals surface area (Å²) in [5, 5.41) is 12.7. The van der Waals surface area contributed by atoms with Crippen molar-refractivity contribution in [3.05, 3.63) is 53.4 Å². The van der Waals surface area contributed by atoms with Crippen LogP contribution in [-0.2, 0) is 4.74 Å². The van der Waals surface area contributed by atoms with Crippen molar-refractivity contribution in [2.75, 3.05) is 38.2 Å². The molecular weight excluding hydrogens is 611 g/mol. The molecule has 12 heteroatoms. The van der Waals surface area contributed by atoms with E-state index in [4.69, 9.17) is 26.1 Å². The lowest BCUT2D eigenvalue weighted by Crippen LogP contribution is -2.57. The molecule has 0 radical (unpaired) electrons. The van der Waals surface area contributed by atoms with Crippen LogP contribution in [0.1, 0.15) is 40.0 Å². The topological polar surface area (TPSA) is 104 Å². The summed E-state index contributed by atoms with van der Waals surface area (Å²) < 4.78 is 28.6. The number of benzene rings is 2. The maximum absolute atomic E-state index is 16.7. The summed E-state index contributed by atoms with van der Waals surface area (Å²) in [5.41, 5.74) is 0.197. The van der Waals surface area contributed by atoms with E-state index in [9.17, 15) is 9.90 Å². The highest BCUT2D eigenvalue weighted by Gasteiger charge is 2.45. The van der Waals surface area contributed by atoms with E-state index in [0.717, 1.165) is 18.2 Å². The Morgan fingerprint density at radius 2 is 1.80 bits per heavy atom. The molecule has 0 aliphatic carbocycles. The third-order valence-electron chi connectivity index (χ3n) is 9.21. The molecule has 46 heavy (non-hydrogen) atoms. The monoisotopic (exact) mass is 648 g/mol. The Morgan fingerprint density at radius 1 is 1.09 bits per heavy atom. The number of aliphatic hydroxyl groups excluding tert-OH is 1. The van der Waals surface area contributed by atoms with Gasteiger partial charge < -0.3 is 19.5 Å². The highest BCUT2D eigenvalue weighted by Crippen LogP contribution is 2.39. The van der Waals surface area contributed by atoms with Gasteiger partial charge in [0, 0.05) is 47.8 Å². The van der Waals surface area contributed by atoms with E-state index >= 15 is 4.39 Å². The quantitative estimate of drug-likeness (QED) is 0.293. The number of ether oxygens (including phenoxy) is 2. The van der Waals surface area contributed by atoms with Crippen LogP contribution in [-0.4, -0.2) is 99.1 Å². The summed E-state index contributed by atoms with van der Waals surface area (Å²) in [6.07, 6.45) is 3.11. The van der Waals surface area contributed by atoms with Crippen LogP contribution in [0.25, 0.3) is 32.9 Å². The number of β-amino-alcohol motifs (C(OH)–C–C–N with tert-alkyl or cyclic N) is 1. The van der Waals surface area contributed by atoms with Gasteiger partial charge in [0.1, 0.15) is 29.2 Å². The lowest BCUT2D eigenvalue weighted by Gasteiger charge is -2.42. The van der Waals surface area contributed by atoms with Crippen molar-refractivity contribution >= 4 is 45.2 Å². The number of likely N-dealkylation sites (tertiary alicyclic amines) is 1. The number of piperazine rings is 1. The molecular formula is C34H38ClFN6O4. The molecule has 1 N–H and O–H groups in total. The van der Waals surface area contributed by atoms with Crippen LogP contribution in [0.5, 0.6) is 6.01 Å². The van der Waals surface area contributed by atoms with Crippen molar-refractivity contribution in [1.29, 1.82) is 0 Å². The van der Waals surface area contributed by atoms with E-state index in [2.05, 4.69) is 14.9 Å². The zero-order valence-corrected chi connectivity index (χ0v) is 27.2. The molecule has 3 aliphatic rings. The predicted molar refractivity (Wildman–Crippen MR) is 175 cm³/mol. The van der Waals surface area contributed by atoms with Crippen LogP contribution < -0.4 is 9.64 Å². The fourth-order valence-electron chi connectivity index (χ4n) is 7.11. The highest BCUT2D eigenvalue weighted by molar-refractivity contribution is 6.36. The lowest BCUT2D eigenvalue weighted by molar-refractivity contribution is 0.0122. The van der Waals surface area contributed by atoms with Crippen LogP contribution in [0.3, 0.4) is 0 Å². The predicted octanol–water partition coefficient (Wildman–Crippen LogP) is 5.67. The minimum absolute atomic E-state index is 0.0263. The maximum Gasteiger partial charge on any atom is 0.410 e. The summed E-state index contributed by atoms with van der Waals surface area (Å²) >= 11 is 6.60. The molecule has 2 aromatic carbocycles. The molecule has 0 unspecified atom stereocenters. The second kappa shape index (κ2) is 11.8. The number of aliphatic hydroxyl groups is 1. The third-order valence-corrected chi connectivity index (χ3v) is 9.52. The Labute approximate surface area is 272 Å². The Hall–Kier alpha value is -3.80. The SMILES string of the molecule is CN1C[C@H](O)C[C@H]1COc1nc(N2C[C@H]3CC[C@@H](C2)N3C(=O)OC(C)(C)C)c2cnc(-c3cccc4cccc(Cl)c34)c(F)c2n1. The number of fused-ring (bicyclic) bond motifs is 4. The van der Waals surface area contributed by atoms with Crippen LogP contribution in [0, 0.1) is 5.82 Å². The van der Waals surface area contributed by atoms with E-state index in [1.54, 1.807) is 18.3 Å². The minimum Gasteiger partial charge on any atom is -0.462 e. The third kappa shape index (κ3) is 5.69. The average Bonchev–Trinajstić information content (AvgIpc) is 3.47. The Kier molecular flexibility index (Phi) is 7.89. The van der Waals surface area contributed by atoms with Crippen LogP contribution in [0.4, 0.5) is 15.0 Å². The molecule has 2 aromatic heterocycles. The van der Waals surface area contributed by atoms with E-state index in [-0.39, 0.29) is 48.0 Å². The van der Waals surface area contributed by atoms with Crippen LogP contribution in [0.15, 0.2) is 42.6 Å². The summed E-state index contributed by atoms with van der Waals surface area (Å²) in [7, 11) is 1.93. The fourth-order valence-corrected chi connectivity index (χ4v) is 7.40. The molecule has 4 aromatic rings. The molecule has 2 bridgehead atoms. The molecule has 1 amide bonds. The average molecular weight is 649 g/mol. The number of hydrogen-bond acceptors (Lipinski definition) is 9. The van der Waals surface area contributed by atoms with Gasteiger partial charge in [0.2, 0.25) is 0 Å². The number of likely N-dealkylation sites (N-methyl/N-ethyl adjacent to an activating group) is 1. The molecule has 0 spiro atoms. The number of pyridine rings is 1. The number of aromatic nitrogens is 3. The number of amides is 1. The van der Waals surface area contributed by atoms with Crippen molar-refractivity contribution < 1.29 is 23.8 Å². The van der Waals surface area contributed by atoms with Gasteiger partial charge in [-0.25, -0.2) is 9.18 Å². The van der Waals surface area contributed by atoms with Crippen LogP contribution >= 0.6 is 11.6 Å². The molecule has 3 saturated heterocycles. The molecule has 5 heterocycles. The van der Waals surface area contributed by atoms with Gasteiger partial charge in [-0.3, -0.25) is 14.8 Å². The molecule has 3 fully saturated rings. The largest absolute Gasteiger partial charge is 0.462 e. The van der Waals surface area contributed by atoms with Crippen molar-refractivity contribution in [2.45, 2.75) is 69.9 Å². The van der Waals surface area contributed by atoms with E-state index in [1.807, 2.05) is 61.9 Å². The summed E-state index contributed by atoms with van der Waals surface area (Å²) in [4.78, 5) is 33.1. The van der Waals surface area contributed by atoms with Crippen molar-refractivity contribution in [2.24, 2.45) is 0 Å². The zero-order valence-electron chi connectivity index (χ0n) is 26.4. The first-order valence-corrected chi connectivity index (χ1v) is 16.2. The molecule has 10 nitrogen and oxygen atoms in total. The standard InChI is InChI=1S/C34H38ClFN6O4/c1-34(2,3)46-33(44)42-20-11-12-21(42)16-41(15-20)31-25-14-37-29(24-9-5-7-19-8-6-10-26(35)27(19)24)28(36)30(25)38-32(39-31)45-18-22-13-23(43)17-40(22)4/h5-10,14,20-23,43H,11-13,15-18H2,1-4H3/t20-,21+,22-,23+/m0/s1. The number of rotatable bonds is 5. The fraction of sp³-hybridized carbons (Fsp3) is 0.471. The van der Waals surface area contributed by atoms with E-state index in [0.29, 0.717) is 53.2 Å². The van der Waals surface area contributed by atoms with Gasteiger partial charge in [0.05, 0.1) is 23.6 Å². The first-order valence-electron chi connectivity index (χ1n) is 15.8. The van der Waals surface area contributed by atoms with Crippen molar-refractivity contribution in [1.82, 2.24) is 24.8 Å². The smallest absolute Gasteiger partial charge is 0.410 e. The normalized spacial score (nSPS) is 23.5. The number of anilines is 1. The zero-order chi connectivity index (χ0) is 32.3. The molecule has 0 saturated carbocycles. The highest BCUT2D eigenvalue weighted by atomic mass is 35.5. The summed E-state index contributed by atoms with van der Waals surface area (Å²) in [6.45, 7) is 7.40. The van der Waals surface area contributed by atoms with Gasteiger partial charge in [-0.15, -0.1) is 0 Å². The Balaban J connectivity index is 1.29. The Bertz CT molecular complexity index is 1800. The first-order chi connectivity index (χ1) is 22.0. The number of carbonyl (C=O) groups is 1. The summed E-state index contributed by atoms with van der Waals surface area (Å²) in [5.74, 6) is -0.0864. The number of carbonyl (C=O) groups excluding carboxylic acids is 1. The lowest BCUT2D eigenvalue weighted by atomic mass is 10.0. The van der Waals surface area contributed by atoms with Gasteiger partial charge in [-0.2, -0.15) is 9.97 Å². The molecule has 3 aliphatic heterocycles. The van der Waals surface area contributed by atoms with Gasteiger partial charge >= 0.3 is 12.1 Å². The van der Waals surface area contributed by atoms with Gasteiger partial charge in [0.15, 0.2) is 5.82 Å². The Morgan fingerprint density at radius 3 is 2.48 bits per heavy atom.